The molecule has 0 unspecified atom stereocenters. The van der Waals surface area contributed by atoms with Crippen LogP contribution in [0.3, 0.4) is 0 Å². The van der Waals surface area contributed by atoms with Crippen LogP contribution in [-0.2, 0) is 96.9 Å². The number of hydrogen-bond acceptors (Lipinski definition) is 16. The van der Waals surface area contributed by atoms with Crippen LogP contribution in [0.2, 0.25) is 0 Å². The zero-order chi connectivity index (χ0) is 18.0. The summed E-state index contributed by atoms with van der Waals surface area (Å²) in [7, 11) is -21.6. The van der Waals surface area contributed by atoms with Crippen LogP contribution in [0.1, 0.15) is 0 Å². The Hall–Kier alpha value is 3.09. The summed E-state index contributed by atoms with van der Waals surface area (Å²) in [5, 5.41) is 0. The minimum absolute atomic E-state index is 0. The predicted molar refractivity (Wildman–Crippen MR) is 30.4 cm³/mol. The first-order valence-electron chi connectivity index (χ1n) is 2.92. The average Bonchev–Trinajstić information content (AvgIpc) is 1.62. The zero-order valence-electron chi connectivity index (χ0n) is 9.82. The van der Waals surface area contributed by atoms with Crippen molar-refractivity contribution in [3.8, 4) is 0 Å². The molecular weight excluding hydrogens is 654 g/mol. The maximum atomic E-state index is 8.55. The summed E-state index contributed by atoms with van der Waals surface area (Å²) < 4.78 is 34.2. The molecule has 140 valence electrons. The zero-order valence-corrected chi connectivity index (χ0v) is 20.8. The van der Waals surface area contributed by atoms with Crippen molar-refractivity contribution in [3.05, 3.63) is 0 Å². The molecule has 0 amide bonds. The molecule has 0 fully saturated rings. The Bertz CT molecular complexity index is 292. The maximum absolute atomic E-state index is 8.55. The van der Waals surface area contributed by atoms with Gasteiger partial charge in [-0.3, -0.25) is 0 Å². The number of phosphoric acid groups is 4. The van der Waals surface area contributed by atoms with Crippen LogP contribution >= 0.6 is 31.3 Å². The molecule has 0 atom stereocenters. The van der Waals surface area contributed by atoms with E-state index in [1.165, 1.54) is 0 Å². The van der Waals surface area contributed by atoms with Crippen molar-refractivity contribution < 1.29 is 156 Å². The summed E-state index contributed by atoms with van der Waals surface area (Å²) in [4.78, 5) is 103. The molecule has 0 aromatic rings. The SMILES string of the molecule is O=P([O-])([O-])[O-].O=P([O-])([O-])[O-].O=P([O-])([O-])[O-].O=P([O-])([O-])[O-].[Zr].[Zr].[Zr]. The van der Waals surface area contributed by atoms with E-state index in [-0.39, 0.29) is 78.6 Å². The van der Waals surface area contributed by atoms with Crippen LogP contribution in [0.25, 0.3) is 0 Å². The van der Waals surface area contributed by atoms with Crippen molar-refractivity contribution in [2.24, 2.45) is 0 Å². The summed E-state index contributed by atoms with van der Waals surface area (Å²) in [6.07, 6.45) is 0. The van der Waals surface area contributed by atoms with Gasteiger partial charge in [-0.15, -0.1) is 0 Å². The Labute approximate surface area is 185 Å². The molecule has 0 N–H and O–H groups in total. The van der Waals surface area contributed by atoms with E-state index in [9.17, 15) is 0 Å². The molecule has 16 nitrogen and oxygen atoms in total. The topological polar surface area (TPSA) is 345 Å². The van der Waals surface area contributed by atoms with Gasteiger partial charge in [0.05, 0.1) is 0 Å². The van der Waals surface area contributed by atoms with E-state index in [4.69, 9.17) is 77.0 Å². The van der Waals surface area contributed by atoms with Gasteiger partial charge in [0.25, 0.3) is 0 Å². The van der Waals surface area contributed by atoms with E-state index in [1.807, 2.05) is 0 Å². The Morgan fingerprint density at radius 1 is 0.304 bits per heavy atom. The van der Waals surface area contributed by atoms with Crippen LogP contribution in [0.15, 0.2) is 0 Å². The van der Waals surface area contributed by atoms with Gasteiger partial charge in [0.15, 0.2) is 0 Å². The fourth-order valence-electron chi connectivity index (χ4n) is 0. The molecule has 0 saturated carbocycles. The third kappa shape index (κ3) is 1400. The monoisotopic (exact) mass is 650 g/mol. The third-order valence-electron chi connectivity index (χ3n) is 0. The Morgan fingerprint density at radius 2 is 0.304 bits per heavy atom. The van der Waals surface area contributed by atoms with Crippen LogP contribution < -0.4 is 58.7 Å². The van der Waals surface area contributed by atoms with Crippen molar-refractivity contribution >= 4 is 31.3 Å². The first-order chi connectivity index (χ1) is 8.00. The number of hydrogen-bond donors (Lipinski definition) is 0. The first-order valence-corrected chi connectivity index (χ1v) is 8.76. The second-order valence-electron chi connectivity index (χ2n) is 1.79. The van der Waals surface area contributed by atoms with E-state index >= 15 is 0 Å². The normalized spacial score (nSPS) is 10.3. The Kier molecular flexibility index (Phi) is 38.9. The van der Waals surface area contributed by atoms with Crippen LogP contribution in [0, 0.1) is 0 Å². The van der Waals surface area contributed by atoms with E-state index in [2.05, 4.69) is 0 Å². The van der Waals surface area contributed by atoms with Gasteiger partial charge in [0, 0.05) is 78.6 Å². The van der Waals surface area contributed by atoms with Gasteiger partial charge in [-0.25, -0.2) is 0 Å². The summed E-state index contributed by atoms with van der Waals surface area (Å²) >= 11 is 0. The van der Waals surface area contributed by atoms with Gasteiger partial charge < -0.3 is 77.0 Å². The van der Waals surface area contributed by atoms with Crippen LogP contribution in [0.4, 0.5) is 0 Å². The van der Waals surface area contributed by atoms with Crippen molar-refractivity contribution in [2.75, 3.05) is 0 Å². The quantitative estimate of drug-likeness (QED) is 0.219. The molecule has 0 aromatic heterocycles. The molecule has 0 bridgehead atoms. The molecule has 0 heterocycles. The standard InChI is InChI=1S/4H3O4P.3Zr/c4*1-5(2,3)4;;;/h4*(H3,1,2,3,4);;;/p-12. The fraction of sp³-hybridized carbons (Fsp3) is 0. The van der Waals surface area contributed by atoms with Gasteiger partial charge >= 0.3 is 0 Å². The predicted octanol–water partition coefficient (Wildman–Crippen LogP) is -11.3. The van der Waals surface area contributed by atoms with Gasteiger partial charge in [-0.1, -0.05) is 0 Å². The van der Waals surface area contributed by atoms with Crippen molar-refractivity contribution in [1.29, 1.82) is 0 Å². The van der Waals surface area contributed by atoms with E-state index in [1.54, 1.807) is 0 Å². The van der Waals surface area contributed by atoms with Crippen LogP contribution in [0.5, 0.6) is 0 Å². The fourth-order valence-corrected chi connectivity index (χ4v) is 0. The molecule has 23 heteroatoms. The molecule has 0 radical (unpaired) electrons. The minimum atomic E-state index is -5.39. The van der Waals surface area contributed by atoms with E-state index in [0.717, 1.165) is 0 Å². The first kappa shape index (κ1) is 45.1. The van der Waals surface area contributed by atoms with E-state index in [0.29, 0.717) is 0 Å². The summed E-state index contributed by atoms with van der Waals surface area (Å²) in [5.41, 5.74) is 0. The largest absolute Gasteiger partial charge is 0.822 e. The van der Waals surface area contributed by atoms with Crippen molar-refractivity contribution in [2.45, 2.75) is 0 Å². The summed E-state index contributed by atoms with van der Waals surface area (Å²) in [6, 6.07) is 0. The van der Waals surface area contributed by atoms with Gasteiger partial charge in [-0.05, 0) is 0 Å². The average molecular weight is 654 g/mol. The maximum Gasteiger partial charge on any atom is 0 e. The molecular formula is O16P4Zr3-12. The minimum Gasteiger partial charge on any atom is -0.822 e. The second-order valence-corrected chi connectivity index (χ2v) is 5.37. The molecule has 0 saturated heterocycles. The smallest absolute Gasteiger partial charge is 0 e. The van der Waals surface area contributed by atoms with Gasteiger partial charge in [0.1, 0.15) is 0 Å². The summed E-state index contributed by atoms with van der Waals surface area (Å²) in [5.74, 6) is 0. The van der Waals surface area contributed by atoms with Gasteiger partial charge in [0.2, 0.25) is 0 Å². The molecule has 0 rings (SSSR count). The molecule has 0 aromatic carbocycles. The number of rotatable bonds is 0. The molecule has 0 aliphatic heterocycles. The Balaban J connectivity index is -0.0000000284. The van der Waals surface area contributed by atoms with Crippen molar-refractivity contribution in [1.82, 2.24) is 0 Å². The van der Waals surface area contributed by atoms with Crippen molar-refractivity contribution in [3.63, 3.8) is 0 Å². The molecule has 0 spiro atoms. The van der Waals surface area contributed by atoms with E-state index < -0.39 is 31.3 Å². The molecule has 0 aliphatic rings. The third-order valence-corrected chi connectivity index (χ3v) is 0. The molecule has 23 heavy (non-hydrogen) atoms. The second kappa shape index (κ2) is 19.8. The summed E-state index contributed by atoms with van der Waals surface area (Å²) in [6.45, 7) is 0. The Morgan fingerprint density at radius 3 is 0.304 bits per heavy atom. The van der Waals surface area contributed by atoms with Crippen LogP contribution in [-0.4, -0.2) is 0 Å². The van der Waals surface area contributed by atoms with Gasteiger partial charge in [-0.2, -0.15) is 31.3 Å². The molecule has 0 aliphatic carbocycles.